The molecule has 0 heterocycles. The van der Waals surface area contributed by atoms with Crippen LogP contribution in [0.2, 0.25) is 0 Å². The molecule has 5 heteroatoms. The Labute approximate surface area is 127 Å². The molecule has 20 heavy (non-hydrogen) atoms. The molecule has 1 amide bonds. The number of nitrogens with one attached hydrogen (secondary N) is 1. The maximum absolute atomic E-state index is 11.8. The fourth-order valence-electron chi connectivity index (χ4n) is 2.38. The molecule has 1 aromatic rings. The number of aliphatic hydroxyl groups is 1. The van der Waals surface area contributed by atoms with Crippen LogP contribution < -0.4 is 10.1 Å². The topological polar surface area (TPSA) is 58.6 Å². The molecule has 1 aliphatic rings. The smallest absolute Gasteiger partial charge is 0.223 e. The molecule has 0 bridgehead atoms. The van der Waals surface area contributed by atoms with Crippen molar-refractivity contribution in [2.45, 2.75) is 44.2 Å². The van der Waals surface area contributed by atoms with Gasteiger partial charge in [0.15, 0.2) is 0 Å². The fourth-order valence-corrected chi connectivity index (χ4v) is 2.76. The van der Waals surface area contributed by atoms with Gasteiger partial charge in [-0.2, -0.15) is 0 Å². The van der Waals surface area contributed by atoms with Gasteiger partial charge in [0.05, 0.1) is 25.2 Å². The lowest BCUT2D eigenvalue weighted by molar-refractivity contribution is -0.123. The van der Waals surface area contributed by atoms with E-state index >= 15 is 0 Å². The number of carbonyl (C=O) groups excluding carboxylic acids is 1. The third-order valence-electron chi connectivity index (χ3n) is 3.47. The minimum Gasteiger partial charge on any atom is -0.493 e. The summed E-state index contributed by atoms with van der Waals surface area (Å²) < 4.78 is 6.47. The van der Waals surface area contributed by atoms with Gasteiger partial charge in [-0.05, 0) is 31.0 Å². The molecule has 0 saturated heterocycles. The maximum Gasteiger partial charge on any atom is 0.223 e. The van der Waals surface area contributed by atoms with Crippen molar-refractivity contribution in [2.75, 3.05) is 6.61 Å². The summed E-state index contributed by atoms with van der Waals surface area (Å²) in [7, 11) is 0. The van der Waals surface area contributed by atoms with Gasteiger partial charge in [0.2, 0.25) is 5.91 Å². The number of hydrogen-bond acceptors (Lipinski definition) is 3. The number of hydrogen-bond donors (Lipinski definition) is 2. The maximum atomic E-state index is 11.8. The molecule has 1 aromatic carbocycles. The quantitative estimate of drug-likeness (QED) is 0.865. The van der Waals surface area contributed by atoms with Gasteiger partial charge in [-0.1, -0.05) is 34.8 Å². The Morgan fingerprint density at radius 2 is 2.20 bits per heavy atom. The van der Waals surface area contributed by atoms with Gasteiger partial charge in [0.25, 0.3) is 0 Å². The summed E-state index contributed by atoms with van der Waals surface area (Å²) in [4.78, 5) is 11.8. The second kappa shape index (κ2) is 7.64. The van der Waals surface area contributed by atoms with E-state index in [4.69, 9.17) is 4.74 Å². The van der Waals surface area contributed by atoms with Gasteiger partial charge < -0.3 is 15.2 Å². The van der Waals surface area contributed by atoms with Crippen LogP contribution in [0.15, 0.2) is 28.7 Å². The van der Waals surface area contributed by atoms with E-state index in [0.717, 1.165) is 35.9 Å². The molecule has 0 aromatic heterocycles. The number of aliphatic hydroxyl groups excluding tert-OH is 1. The average molecular weight is 342 g/mol. The Bertz CT molecular complexity index is 452. The molecule has 2 atom stereocenters. The van der Waals surface area contributed by atoms with E-state index in [1.165, 1.54) is 0 Å². The van der Waals surface area contributed by atoms with Crippen molar-refractivity contribution in [3.8, 4) is 5.75 Å². The molecular formula is C15H20BrNO3. The third-order valence-corrected chi connectivity index (χ3v) is 3.96. The van der Waals surface area contributed by atoms with Crippen LogP contribution in [0.3, 0.4) is 0 Å². The molecule has 2 rings (SSSR count). The van der Waals surface area contributed by atoms with Crippen LogP contribution >= 0.6 is 15.9 Å². The van der Waals surface area contributed by atoms with Gasteiger partial charge in [0, 0.05) is 4.47 Å². The van der Waals surface area contributed by atoms with Crippen molar-refractivity contribution in [2.24, 2.45) is 0 Å². The van der Waals surface area contributed by atoms with Crippen LogP contribution in [0.5, 0.6) is 5.75 Å². The van der Waals surface area contributed by atoms with Gasteiger partial charge >= 0.3 is 0 Å². The molecule has 1 aliphatic carbocycles. The Morgan fingerprint density at radius 1 is 1.40 bits per heavy atom. The molecule has 2 N–H and O–H groups in total. The van der Waals surface area contributed by atoms with Gasteiger partial charge in [-0.25, -0.2) is 0 Å². The van der Waals surface area contributed by atoms with E-state index in [1.807, 2.05) is 24.3 Å². The van der Waals surface area contributed by atoms with Crippen LogP contribution in [-0.4, -0.2) is 29.8 Å². The molecule has 0 radical (unpaired) electrons. The van der Waals surface area contributed by atoms with Crippen molar-refractivity contribution in [1.29, 1.82) is 0 Å². The molecule has 110 valence electrons. The molecule has 2 unspecified atom stereocenters. The SMILES string of the molecule is O=C(CCOc1cccc(Br)c1)NC1CCCCC1O. The largest absolute Gasteiger partial charge is 0.493 e. The highest BCUT2D eigenvalue weighted by molar-refractivity contribution is 9.10. The van der Waals surface area contributed by atoms with Gasteiger partial charge in [-0.3, -0.25) is 4.79 Å². The summed E-state index contributed by atoms with van der Waals surface area (Å²) in [5.74, 6) is 0.677. The van der Waals surface area contributed by atoms with E-state index in [1.54, 1.807) is 0 Å². The first kappa shape index (κ1) is 15.3. The Hall–Kier alpha value is -1.07. The first-order valence-corrected chi connectivity index (χ1v) is 7.80. The summed E-state index contributed by atoms with van der Waals surface area (Å²) in [6.07, 6.45) is 3.64. The van der Waals surface area contributed by atoms with Crippen molar-refractivity contribution in [1.82, 2.24) is 5.32 Å². The minimum atomic E-state index is -0.404. The summed E-state index contributed by atoms with van der Waals surface area (Å²) in [5, 5.41) is 12.7. The lowest BCUT2D eigenvalue weighted by Gasteiger charge is -2.28. The molecule has 1 fully saturated rings. The first-order chi connectivity index (χ1) is 9.65. The molecule has 0 aliphatic heterocycles. The van der Waals surface area contributed by atoms with E-state index in [-0.39, 0.29) is 11.9 Å². The van der Waals surface area contributed by atoms with E-state index in [9.17, 15) is 9.90 Å². The number of ether oxygens (including phenoxy) is 1. The summed E-state index contributed by atoms with van der Waals surface area (Å²) >= 11 is 3.37. The summed E-state index contributed by atoms with van der Waals surface area (Å²) in [6, 6.07) is 7.43. The van der Waals surface area contributed by atoms with E-state index < -0.39 is 6.10 Å². The second-order valence-electron chi connectivity index (χ2n) is 5.08. The minimum absolute atomic E-state index is 0.0639. The Balaban J connectivity index is 1.70. The predicted molar refractivity (Wildman–Crippen MR) is 80.7 cm³/mol. The number of carbonyl (C=O) groups is 1. The monoisotopic (exact) mass is 341 g/mol. The zero-order valence-electron chi connectivity index (χ0n) is 11.3. The fraction of sp³-hybridized carbons (Fsp3) is 0.533. The Kier molecular flexibility index (Phi) is 5.86. The second-order valence-corrected chi connectivity index (χ2v) is 6.00. The number of rotatable bonds is 5. The molecule has 0 spiro atoms. The van der Waals surface area contributed by atoms with Crippen LogP contribution in [0, 0.1) is 0 Å². The third kappa shape index (κ3) is 4.80. The predicted octanol–water partition coefficient (Wildman–Crippen LogP) is 2.64. The summed E-state index contributed by atoms with van der Waals surface area (Å²) in [6.45, 7) is 0.338. The van der Waals surface area contributed by atoms with Crippen LogP contribution in [-0.2, 0) is 4.79 Å². The average Bonchev–Trinajstić information content (AvgIpc) is 2.41. The van der Waals surface area contributed by atoms with Crippen LogP contribution in [0.25, 0.3) is 0 Å². The highest BCUT2D eigenvalue weighted by atomic mass is 79.9. The summed E-state index contributed by atoms with van der Waals surface area (Å²) in [5.41, 5.74) is 0. The van der Waals surface area contributed by atoms with Gasteiger partial charge in [-0.15, -0.1) is 0 Å². The van der Waals surface area contributed by atoms with Gasteiger partial charge in [0.1, 0.15) is 5.75 Å². The zero-order chi connectivity index (χ0) is 14.4. The number of amides is 1. The van der Waals surface area contributed by atoms with Crippen molar-refractivity contribution >= 4 is 21.8 Å². The molecule has 1 saturated carbocycles. The normalized spacial score (nSPS) is 22.3. The number of benzene rings is 1. The van der Waals surface area contributed by atoms with Crippen LogP contribution in [0.4, 0.5) is 0 Å². The zero-order valence-corrected chi connectivity index (χ0v) is 12.9. The van der Waals surface area contributed by atoms with Crippen molar-refractivity contribution in [3.63, 3.8) is 0 Å². The van der Waals surface area contributed by atoms with Crippen molar-refractivity contribution < 1.29 is 14.6 Å². The standard InChI is InChI=1S/C15H20BrNO3/c16-11-4-3-5-12(10-11)20-9-8-15(19)17-13-6-1-2-7-14(13)18/h3-5,10,13-14,18H,1-2,6-9H2,(H,17,19). The highest BCUT2D eigenvalue weighted by Crippen LogP contribution is 2.19. The lowest BCUT2D eigenvalue weighted by atomic mass is 9.92. The van der Waals surface area contributed by atoms with E-state index in [2.05, 4.69) is 21.2 Å². The lowest BCUT2D eigenvalue weighted by Crippen LogP contribution is -2.45. The number of halogens is 1. The molecular weight excluding hydrogens is 322 g/mol. The van der Waals surface area contributed by atoms with Crippen molar-refractivity contribution in [3.05, 3.63) is 28.7 Å². The highest BCUT2D eigenvalue weighted by Gasteiger charge is 2.24. The molecule has 4 nitrogen and oxygen atoms in total. The van der Waals surface area contributed by atoms with E-state index in [0.29, 0.717) is 13.0 Å². The van der Waals surface area contributed by atoms with Crippen LogP contribution in [0.1, 0.15) is 32.1 Å². The first-order valence-electron chi connectivity index (χ1n) is 7.01. The Morgan fingerprint density at radius 3 is 2.95 bits per heavy atom.